The van der Waals surface area contributed by atoms with Gasteiger partial charge in [0.1, 0.15) is 11.9 Å². The maximum atomic E-state index is 9.71. The van der Waals surface area contributed by atoms with E-state index in [0.29, 0.717) is 13.1 Å². The van der Waals surface area contributed by atoms with E-state index < -0.39 is 0 Å². The first-order valence-corrected chi connectivity index (χ1v) is 8.07. The van der Waals surface area contributed by atoms with Gasteiger partial charge >= 0.3 is 0 Å². The van der Waals surface area contributed by atoms with Gasteiger partial charge in [0.15, 0.2) is 0 Å². The summed E-state index contributed by atoms with van der Waals surface area (Å²) in [5.74, 6) is 0.850. The van der Waals surface area contributed by atoms with E-state index in [1.54, 1.807) is 7.11 Å². The second kappa shape index (κ2) is 5.64. The summed E-state index contributed by atoms with van der Waals surface area (Å²) in [5.41, 5.74) is 3.37. The highest BCUT2D eigenvalue weighted by atomic mass is 16.5. The Bertz CT molecular complexity index is 690. The Hall–Kier alpha value is -1.88. The molecule has 1 N–H and O–H groups in total. The summed E-state index contributed by atoms with van der Waals surface area (Å²) in [5, 5.41) is 11.1. The molecule has 2 heterocycles. The summed E-state index contributed by atoms with van der Waals surface area (Å²) in [4.78, 5) is 0. The van der Waals surface area contributed by atoms with Crippen molar-refractivity contribution in [3.05, 3.63) is 65.2 Å². The van der Waals surface area contributed by atoms with E-state index in [0.717, 1.165) is 24.2 Å². The molecule has 120 valence electrons. The summed E-state index contributed by atoms with van der Waals surface area (Å²) in [6.45, 7) is 1.29. The Labute approximate surface area is 136 Å². The Morgan fingerprint density at radius 3 is 2.48 bits per heavy atom. The lowest BCUT2D eigenvalue weighted by molar-refractivity contribution is -0.169. The van der Waals surface area contributed by atoms with E-state index in [9.17, 15) is 5.21 Å². The zero-order chi connectivity index (χ0) is 15.9. The topological polar surface area (TPSA) is 41.9 Å². The van der Waals surface area contributed by atoms with Crippen LogP contribution in [0.25, 0.3) is 0 Å². The number of ether oxygens (including phenoxy) is 2. The number of methoxy groups -OCH3 is 1. The molecule has 0 unspecified atom stereocenters. The molecule has 2 aromatic rings. The van der Waals surface area contributed by atoms with Crippen LogP contribution in [0, 0.1) is 0 Å². The zero-order valence-electron chi connectivity index (χ0n) is 13.2. The lowest BCUT2D eigenvalue weighted by atomic mass is 9.83. The van der Waals surface area contributed by atoms with Crippen molar-refractivity contribution >= 4 is 0 Å². The minimum Gasteiger partial charge on any atom is -0.497 e. The number of rotatable bonds is 2. The van der Waals surface area contributed by atoms with Crippen LogP contribution in [0.5, 0.6) is 5.75 Å². The van der Waals surface area contributed by atoms with Gasteiger partial charge in [-0.15, -0.1) is 0 Å². The molecular weight excluding hydrogens is 290 g/mol. The molecular formula is C19H21NO3. The number of hydrogen-bond acceptors (Lipinski definition) is 4. The monoisotopic (exact) mass is 311 g/mol. The predicted octanol–water partition coefficient (Wildman–Crippen LogP) is 3.50. The van der Waals surface area contributed by atoms with Crippen molar-refractivity contribution in [2.45, 2.75) is 24.5 Å². The maximum absolute atomic E-state index is 9.71. The van der Waals surface area contributed by atoms with Crippen molar-refractivity contribution in [2.24, 2.45) is 0 Å². The number of piperidine rings is 1. The van der Waals surface area contributed by atoms with Crippen molar-refractivity contribution in [3.63, 3.8) is 0 Å². The summed E-state index contributed by atoms with van der Waals surface area (Å²) in [6.07, 6.45) is 1.57. The average molecular weight is 311 g/mol. The highest BCUT2D eigenvalue weighted by Gasteiger charge is 2.46. The average Bonchev–Trinajstić information content (AvgIpc) is 2.93. The Morgan fingerprint density at radius 2 is 1.78 bits per heavy atom. The summed E-state index contributed by atoms with van der Waals surface area (Å²) in [6, 6.07) is 16.6. The van der Waals surface area contributed by atoms with Gasteiger partial charge in [-0.05, 0) is 41.7 Å². The van der Waals surface area contributed by atoms with Crippen molar-refractivity contribution in [1.82, 2.24) is 5.06 Å². The van der Waals surface area contributed by atoms with Crippen LogP contribution in [0.2, 0.25) is 0 Å². The van der Waals surface area contributed by atoms with Gasteiger partial charge in [0.05, 0.1) is 12.7 Å². The molecule has 0 radical (unpaired) electrons. The first-order valence-electron chi connectivity index (χ1n) is 8.07. The van der Waals surface area contributed by atoms with Gasteiger partial charge in [-0.3, -0.25) is 0 Å². The smallest absolute Gasteiger partial charge is 0.118 e. The SMILES string of the molecule is COc1ccc([C@@H]2OC3(CCN(O)CC3)c3ccccc32)cc1. The standard InChI is InChI=1S/C19H21NO3/c1-22-15-8-6-14(7-9-15)18-16-4-2-3-5-17(16)19(23-18)10-12-20(21)13-11-19/h2-9,18,21H,10-13H2,1H3/t18-/m0/s1. The normalized spacial score (nSPS) is 23.0. The molecule has 0 bridgehead atoms. The third kappa shape index (κ3) is 2.43. The molecule has 4 rings (SSSR count). The molecule has 2 aromatic carbocycles. The van der Waals surface area contributed by atoms with Gasteiger partial charge in [0.25, 0.3) is 0 Å². The Balaban J connectivity index is 1.72. The second-order valence-electron chi connectivity index (χ2n) is 6.31. The van der Waals surface area contributed by atoms with Crippen molar-refractivity contribution in [1.29, 1.82) is 0 Å². The van der Waals surface area contributed by atoms with Crippen LogP contribution in [-0.2, 0) is 10.3 Å². The molecule has 1 spiro atoms. The van der Waals surface area contributed by atoms with Gasteiger partial charge in [0.2, 0.25) is 0 Å². The van der Waals surface area contributed by atoms with Crippen LogP contribution < -0.4 is 4.74 Å². The van der Waals surface area contributed by atoms with Crippen LogP contribution >= 0.6 is 0 Å². The van der Waals surface area contributed by atoms with Gasteiger partial charge < -0.3 is 14.7 Å². The third-order valence-electron chi connectivity index (χ3n) is 5.04. The number of fused-ring (bicyclic) bond motifs is 2. The number of benzene rings is 2. The molecule has 23 heavy (non-hydrogen) atoms. The quantitative estimate of drug-likeness (QED) is 0.922. The molecule has 4 nitrogen and oxygen atoms in total. The zero-order valence-corrected chi connectivity index (χ0v) is 13.2. The fraction of sp³-hybridized carbons (Fsp3) is 0.368. The predicted molar refractivity (Wildman–Crippen MR) is 86.6 cm³/mol. The molecule has 0 aromatic heterocycles. The third-order valence-corrected chi connectivity index (χ3v) is 5.04. The lowest BCUT2D eigenvalue weighted by Gasteiger charge is -2.37. The van der Waals surface area contributed by atoms with Crippen LogP contribution in [-0.4, -0.2) is 30.5 Å². The first-order chi connectivity index (χ1) is 11.2. The first kappa shape index (κ1) is 14.7. The van der Waals surface area contributed by atoms with Gasteiger partial charge in [0, 0.05) is 13.1 Å². The van der Waals surface area contributed by atoms with Gasteiger partial charge in [-0.1, -0.05) is 36.4 Å². The lowest BCUT2D eigenvalue weighted by Crippen LogP contribution is -2.41. The Morgan fingerprint density at radius 1 is 1.09 bits per heavy atom. The Kier molecular flexibility index (Phi) is 3.60. The van der Waals surface area contributed by atoms with Gasteiger partial charge in [-0.25, -0.2) is 0 Å². The highest BCUT2D eigenvalue weighted by molar-refractivity contribution is 5.44. The largest absolute Gasteiger partial charge is 0.497 e. The van der Waals surface area contributed by atoms with Crippen LogP contribution in [0.4, 0.5) is 0 Å². The number of hydroxylamine groups is 2. The molecule has 0 saturated carbocycles. The minimum absolute atomic E-state index is 0.0534. The number of nitrogens with zero attached hydrogens (tertiary/aromatic N) is 1. The van der Waals surface area contributed by atoms with Gasteiger partial charge in [-0.2, -0.15) is 5.06 Å². The summed E-state index contributed by atoms with van der Waals surface area (Å²) >= 11 is 0. The second-order valence-corrected chi connectivity index (χ2v) is 6.31. The van der Waals surface area contributed by atoms with Crippen LogP contribution in [0.1, 0.15) is 35.6 Å². The van der Waals surface area contributed by atoms with E-state index in [-0.39, 0.29) is 11.7 Å². The number of hydrogen-bond donors (Lipinski definition) is 1. The maximum Gasteiger partial charge on any atom is 0.118 e. The molecule has 2 aliphatic rings. The fourth-order valence-corrected chi connectivity index (χ4v) is 3.76. The fourth-order valence-electron chi connectivity index (χ4n) is 3.76. The van der Waals surface area contributed by atoms with E-state index >= 15 is 0 Å². The summed E-state index contributed by atoms with van der Waals surface area (Å²) < 4.78 is 11.8. The van der Waals surface area contributed by atoms with E-state index in [2.05, 4.69) is 36.4 Å². The molecule has 1 atom stereocenters. The minimum atomic E-state index is -0.277. The van der Waals surface area contributed by atoms with E-state index in [4.69, 9.17) is 9.47 Å². The van der Waals surface area contributed by atoms with E-state index in [1.807, 2.05) is 12.1 Å². The van der Waals surface area contributed by atoms with Crippen LogP contribution in [0.3, 0.4) is 0 Å². The van der Waals surface area contributed by atoms with Crippen molar-refractivity contribution in [3.8, 4) is 5.75 Å². The molecule has 1 fully saturated rings. The molecule has 4 heteroatoms. The highest BCUT2D eigenvalue weighted by Crippen LogP contribution is 2.51. The van der Waals surface area contributed by atoms with Crippen LogP contribution in [0.15, 0.2) is 48.5 Å². The molecule has 0 amide bonds. The van der Waals surface area contributed by atoms with Crippen molar-refractivity contribution in [2.75, 3.05) is 20.2 Å². The molecule has 2 aliphatic heterocycles. The summed E-state index contributed by atoms with van der Waals surface area (Å²) in [7, 11) is 1.67. The molecule has 1 saturated heterocycles. The molecule has 0 aliphatic carbocycles. The van der Waals surface area contributed by atoms with E-state index in [1.165, 1.54) is 16.2 Å². The van der Waals surface area contributed by atoms with Crippen molar-refractivity contribution < 1.29 is 14.7 Å².